The fourth-order valence-corrected chi connectivity index (χ4v) is 3.76. The summed E-state index contributed by atoms with van der Waals surface area (Å²) in [6.07, 6.45) is 4.22. The maximum absolute atomic E-state index is 12.9. The van der Waals surface area contributed by atoms with E-state index in [1.165, 1.54) is 0 Å². The van der Waals surface area contributed by atoms with E-state index >= 15 is 0 Å². The highest BCUT2D eigenvalue weighted by molar-refractivity contribution is 5.94. The number of piperazine rings is 1. The molecule has 146 valence electrons. The van der Waals surface area contributed by atoms with E-state index in [9.17, 15) is 9.59 Å². The zero-order valence-corrected chi connectivity index (χ0v) is 16.0. The Labute approximate surface area is 164 Å². The Morgan fingerprint density at radius 1 is 0.929 bits per heavy atom. The Hall–Kier alpha value is -2.77. The number of amides is 2. The molecule has 2 aliphatic rings. The molecule has 0 spiro atoms. The van der Waals surface area contributed by atoms with Crippen molar-refractivity contribution in [2.75, 3.05) is 26.2 Å². The van der Waals surface area contributed by atoms with Crippen LogP contribution in [0.15, 0.2) is 48.8 Å². The first-order chi connectivity index (χ1) is 13.6. The molecule has 0 aliphatic carbocycles. The molecule has 2 fully saturated rings. The van der Waals surface area contributed by atoms with Crippen LogP contribution in [0, 0.1) is 6.92 Å². The van der Waals surface area contributed by atoms with Crippen LogP contribution in [0.5, 0.6) is 0 Å². The lowest BCUT2D eigenvalue weighted by Gasteiger charge is -2.36. The van der Waals surface area contributed by atoms with Gasteiger partial charge in [0.05, 0.1) is 0 Å². The van der Waals surface area contributed by atoms with Crippen LogP contribution < -0.4 is 10.9 Å². The number of nitrogens with one attached hydrogen (secondary N) is 2. The summed E-state index contributed by atoms with van der Waals surface area (Å²) >= 11 is 0. The van der Waals surface area contributed by atoms with Crippen molar-refractivity contribution >= 4 is 11.8 Å². The van der Waals surface area contributed by atoms with Gasteiger partial charge in [-0.2, -0.15) is 0 Å². The molecule has 2 N–H and O–H groups in total. The van der Waals surface area contributed by atoms with Gasteiger partial charge in [-0.3, -0.25) is 14.6 Å². The third-order valence-electron chi connectivity index (χ3n) is 5.49. The van der Waals surface area contributed by atoms with Gasteiger partial charge in [0, 0.05) is 50.2 Å². The fraction of sp³-hybridized carbons (Fsp3) is 0.381. The molecule has 2 aromatic rings. The number of hydrogen-bond donors (Lipinski definition) is 2. The lowest BCUT2D eigenvalue weighted by molar-refractivity contribution is -0.134. The normalized spacial score (nSPS) is 22.3. The number of nitrogens with zero attached hydrogens (tertiary/aromatic N) is 3. The van der Waals surface area contributed by atoms with Crippen LogP contribution in [-0.4, -0.2) is 58.8 Å². The quantitative estimate of drug-likeness (QED) is 0.840. The van der Waals surface area contributed by atoms with Crippen molar-refractivity contribution < 1.29 is 9.59 Å². The van der Waals surface area contributed by atoms with Gasteiger partial charge in [-0.25, -0.2) is 10.9 Å². The summed E-state index contributed by atoms with van der Waals surface area (Å²) in [5.41, 5.74) is 9.28. The number of carbonyl (C=O) groups is 2. The second-order valence-corrected chi connectivity index (χ2v) is 7.39. The molecule has 2 atom stereocenters. The molecule has 1 aromatic carbocycles. The van der Waals surface area contributed by atoms with Crippen LogP contribution in [-0.2, 0) is 4.79 Å². The number of hydrogen-bond acceptors (Lipinski definition) is 5. The molecular weight excluding hydrogens is 354 g/mol. The van der Waals surface area contributed by atoms with Gasteiger partial charge < -0.3 is 9.80 Å². The minimum atomic E-state index is -0.252. The number of carbonyl (C=O) groups excluding carboxylic acids is 2. The predicted molar refractivity (Wildman–Crippen MR) is 105 cm³/mol. The molecule has 2 unspecified atom stereocenters. The first-order valence-corrected chi connectivity index (χ1v) is 9.67. The Bertz CT molecular complexity index is 832. The zero-order valence-electron chi connectivity index (χ0n) is 16.0. The molecular formula is C21H25N5O2. The van der Waals surface area contributed by atoms with Crippen molar-refractivity contribution in [3.05, 3.63) is 65.5 Å². The van der Waals surface area contributed by atoms with Crippen molar-refractivity contribution in [1.82, 2.24) is 25.6 Å². The molecule has 2 amide bonds. The molecule has 2 saturated heterocycles. The maximum Gasteiger partial charge on any atom is 0.253 e. The van der Waals surface area contributed by atoms with Gasteiger partial charge >= 0.3 is 0 Å². The SMILES string of the molecule is Cc1ccc(C(=O)N2CCN(C(=O)C3CC(c4ccncc4)NN3)CC2)cc1. The minimum absolute atomic E-state index is 0.0329. The summed E-state index contributed by atoms with van der Waals surface area (Å²) in [4.78, 5) is 33.2. The molecule has 28 heavy (non-hydrogen) atoms. The minimum Gasteiger partial charge on any atom is -0.338 e. The van der Waals surface area contributed by atoms with Crippen molar-refractivity contribution in [2.24, 2.45) is 0 Å². The van der Waals surface area contributed by atoms with Crippen LogP contribution in [0.2, 0.25) is 0 Å². The molecule has 4 rings (SSSR count). The highest BCUT2D eigenvalue weighted by atomic mass is 16.2. The average Bonchev–Trinajstić information content (AvgIpc) is 3.24. The fourth-order valence-electron chi connectivity index (χ4n) is 3.76. The molecule has 2 aliphatic heterocycles. The van der Waals surface area contributed by atoms with Gasteiger partial charge in [0.1, 0.15) is 6.04 Å². The van der Waals surface area contributed by atoms with E-state index in [-0.39, 0.29) is 23.9 Å². The van der Waals surface area contributed by atoms with Crippen molar-refractivity contribution in [2.45, 2.75) is 25.4 Å². The molecule has 1 aromatic heterocycles. The van der Waals surface area contributed by atoms with Crippen LogP contribution in [0.1, 0.15) is 33.9 Å². The van der Waals surface area contributed by atoms with E-state index in [0.29, 0.717) is 38.2 Å². The molecule has 7 heteroatoms. The monoisotopic (exact) mass is 379 g/mol. The van der Waals surface area contributed by atoms with Crippen LogP contribution in [0.3, 0.4) is 0 Å². The number of aryl methyl sites for hydroxylation is 1. The summed E-state index contributed by atoms with van der Waals surface area (Å²) in [5.74, 6) is 0.122. The lowest BCUT2D eigenvalue weighted by atomic mass is 10.0. The highest BCUT2D eigenvalue weighted by Gasteiger charge is 2.34. The summed E-state index contributed by atoms with van der Waals surface area (Å²) in [6.45, 7) is 4.26. The van der Waals surface area contributed by atoms with Crippen LogP contribution >= 0.6 is 0 Å². The topological polar surface area (TPSA) is 77.6 Å². The van der Waals surface area contributed by atoms with Crippen molar-refractivity contribution in [1.29, 1.82) is 0 Å². The molecule has 0 radical (unpaired) electrons. The van der Waals surface area contributed by atoms with Crippen LogP contribution in [0.25, 0.3) is 0 Å². The van der Waals surface area contributed by atoms with E-state index in [4.69, 9.17) is 0 Å². The third-order valence-corrected chi connectivity index (χ3v) is 5.49. The van der Waals surface area contributed by atoms with E-state index in [1.807, 2.05) is 53.1 Å². The Balaban J connectivity index is 1.31. The summed E-state index contributed by atoms with van der Waals surface area (Å²) in [6, 6.07) is 11.4. The van der Waals surface area contributed by atoms with Crippen molar-refractivity contribution in [3.8, 4) is 0 Å². The lowest BCUT2D eigenvalue weighted by Crippen LogP contribution is -2.54. The number of aromatic nitrogens is 1. The summed E-state index contributed by atoms with van der Waals surface area (Å²) in [7, 11) is 0. The molecule has 0 bridgehead atoms. The Morgan fingerprint density at radius 3 is 2.25 bits per heavy atom. The molecule has 3 heterocycles. The van der Waals surface area contributed by atoms with Gasteiger partial charge in [-0.05, 0) is 43.2 Å². The van der Waals surface area contributed by atoms with Gasteiger partial charge in [-0.15, -0.1) is 0 Å². The first kappa shape index (κ1) is 18.6. The summed E-state index contributed by atoms with van der Waals surface area (Å²) < 4.78 is 0. The average molecular weight is 379 g/mol. The zero-order chi connectivity index (χ0) is 19.5. The van der Waals surface area contributed by atoms with Gasteiger partial charge in [0.2, 0.25) is 5.91 Å². The van der Waals surface area contributed by atoms with Gasteiger partial charge in [-0.1, -0.05) is 17.7 Å². The number of pyridine rings is 1. The highest BCUT2D eigenvalue weighted by Crippen LogP contribution is 2.23. The molecule has 7 nitrogen and oxygen atoms in total. The van der Waals surface area contributed by atoms with E-state index in [1.54, 1.807) is 12.4 Å². The Morgan fingerprint density at radius 2 is 1.57 bits per heavy atom. The predicted octanol–water partition coefficient (Wildman–Crippen LogP) is 1.28. The van der Waals surface area contributed by atoms with Crippen LogP contribution in [0.4, 0.5) is 0 Å². The van der Waals surface area contributed by atoms with E-state index in [2.05, 4.69) is 15.8 Å². The first-order valence-electron chi connectivity index (χ1n) is 9.67. The molecule has 0 saturated carbocycles. The largest absolute Gasteiger partial charge is 0.338 e. The number of benzene rings is 1. The number of rotatable bonds is 3. The van der Waals surface area contributed by atoms with E-state index in [0.717, 1.165) is 11.1 Å². The smallest absolute Gasteiger partial charge is 0.253 e. The number of hydrazine groups is 1. The van der Waals surface area contributed by atoms with Gasteiger partial charge in [0.15, 0.2) is 0 Å². The third kappa shape index (κ3) is 3.90. The second kappa shape index (κ2) is 8.08. The van der Waals surface area contributed by atoms with Crippen molar-refractivity contribution in [3.63, 3.8) is 0 Å². The van der Waals surface area contributed by atoms with Gasteiger partial charge in [0.25, 0.3) is 5.91 Å². The standard InChI is InChI=1S/C21H25N5O2/c1-15-2-4-17(5-3-15)20(27)25-10-12-26(13-11-25)21(28)19-14-18(23-24-19)16-6-8-22-9-7-16/h2-9,18-19,23-24H,10-14H2,1H3. The maximum atomic E-state index is 12.9. The van der Waals surface area contributed by atoms with E-state index < -0.39 is 0 Å². The Kier molecular flexibility index (Phi) is 5.36. The second-order valence-electron chi connectivity index (χ2n) is 7.39. The summed E-state index contributed by atoms with van der Waals surface area (Å²) in [5, 5.41) is 0.